The number of carbonyl (C=O) groups excluding carboxylic acids is 1. The summed E-state index contributed by atoms with van der Waals surface area (Å²) in [6, 6.07) is 9.07. The van der Waals surface area contributed by atoms with Gasteiger partial charge in [-0.2, -0.15) is 18.3 Å². The lowest BCUT2D eigenvalue weighted by molar-refractivity contribution is -0.137. The van der Waals surface area contributed by atoms with E-state index in [4.69, 9.17) is 11.6 Å². The Bertz CT molecular complexity index is 943. The van der Waals surface area contributed by atoms with Crippen molar-refractivity contribution in [2.45, 2.75) is 12.7 Å². The second kappa shape index (κ2) is 7.67. The van der Waals surface area contributed by atoms with Crippen LogP contribution in [0.3, 0.4) is 0 Å². The molecule has 0 saturated heterocycles. The van der Waals surface area contributed by atoms with Crippen molar-refractivity contribution in [3.05, 3.63) is 71.1 Å². The summed E-state index contributed by atoms with van der Waals surface area (Å²) in [6.45, 7) is 0.425. The molecule has 2 aromatic heterocycles. The van der Waals surface area contributed by atoms with Crippen molar-refractivity contribution in [2.75, 3.05) is 10.6 Å². The van der Waals surface area contributed by atoms with Gasteiger partial charge in [-0.3, -0.25) is 15.0 Å². The monoisotopic (exact) mass is 395 g/mol. The van der Waals surface area contributed by atoms with E-state index < -0.39 is 17.8 Å². The first kappa shape index (κ1) is 18.7. The molecule has 0 spiro atoms. The minimum atomic E-state index is -4.51. The molecule has 3 aromatic rings. The van der Waals surface area contributed by atoms with Crippen molar-refractivity contribution in [3.8, 4) is 0 Å². The number of nitrogens with one attached hydrogen (secondary N) is 2. The Kier molecular flexibility index (Phi) is 5.31. The standard InChI is InChI=1S/C17H13ClF3N5O/c18-13-9-11(17(19,20)21)4-5-14(13)23-16(27)24-15-6-8-26(25-15)10-12-3-1-2-7-22-12/h1-9H,10H2,(H2,23,24,25,27). The molecule has 2 heterocycles. The Labute approximate surface area is 157 Å². The van der Waals surface area contributed by atoms with Crippen LogP contribution in [-0.4, -0.2) is 20.8 Å². The average molecular weight is 396 g/mol. The Morgan fingerprint density at radius 2 is 1.96 bits per heavy atom. The highest BCUT2D eigenvalue weighted by molar-refractivity contribution is 6.33. The molecule has 0 bridgehead atoms. The zero-order valence-corrected chi connectivity index (χ0v) is 14.4. The van der Waals surface area contributed by atoms with Gasteiger partial charge >= 0.3 is 12.2 Å². The minimum absolute atomic E-state index is 0.0510. The molecule has 0 saturated carbocycles. The number of amides is 2. The molecular formula is C17H13ClF3N5O. The Balaban J connectivity index is 1.61. The number of hydrogen-bond acceptors (Lipinski definition) is 3. The first-order valence-electron chi connectivity index (χ1n) is 7.69. The van der Waals surface area contributed by atoms with Crippen LogP contribution in [0.2, 0.25) is 5.02 Å². The second-order valence-corrected chi connectivity index (χ2v) is 5.90. The molecule has 2 amide bonds. The number of alkyl halides is 3. The summed E-state index contributed by atoms with van der Waals surface area (Å²) in [5.74, 6) is 0.270. The van der Waals surface area contributed by atoms with E-state index in [-0.39, 0.29) is 16.5 Å². The molecule has 10 heteroatoms. The highest BCUT2D eigenvalue weighted by Crippen LogP contribution is 2.33. The lowest BCUT2D eigenvalue weighted by Crippen LogP contribution is -2.20. The van der Waals surface area contributed by atoms with Gasteiger partial charge < -0.3 is 5.32 Å². The number of benzene rings is 1. The SMILES string of the molecule is O=C(Nc1ccn(Cc2ccccn2)n1)Nc1ccc(C(F)(F)F)cc1Cl. The van der Waals surface area contributed by atoms with E-state index in [0.717, 1.165) is 23.9 Å². The third-order valence-corrected chi connectivity index (χ3v) is 3.79. The third kappa shape index (κ3) is 4.98. The number of pyridine rings is 1. The van der Waals surface area contributed by atoms with Gasteiger partial charge in [0.05, 0.1) is 28.5 Å². The van der Waals surface area contributed by atoms with Gasteiger partial charge in [0.2, 0.25) is 0 Å². The van der Waals surface area contributed by atoms with Crippen LogP contribution >= 0.6 is 11.6 Å². The van der Waals surface area contributed by atoms with E-state index in [2.05, 4.69) is 20.7 Å². The number of urea groups is 1. The summed E-state index contributed by atoms with van der Waals surface area (Å²) in [5, 5.41) is 8.83. The first-order valence-corrected chi connectivity index (χ1v) is 8.07. The molecule has 6 nitrogen and oxygen atoms in total. The molecule has 0 unspecified atom stereocenters. The summed E-state index contributed by atoms with van der Waals surface area (Å²) in [4.78, 5) is 16.2. The molecule has 0 fully saturated rings. The van der Waals surface area contributed by atoms with Crippen LogP contribution in [-0.2, 0) is 12.7 Å². The summed E-state index contributed by atoms with van der Waals surface area (Å²) in [5.41, 5.74) is -0.0463. The number of aromatic nitrogens is 3. The Morgan fingerprint density at radius 3 is 2.63 bits per heavy atom. The maximum absolute atomic E-state index is 12.6. The van der Waals surface area contributed by atoms with Crippen LogP contribution in [0.25, 0.3) is 0 Å². The van der Waals surface area contributed by atoms with Gasteiger partial charge in [-0.1, -0.05) is 17.7 Å². The number of anilines is 2. The van der Waals surface area contributed by atoms with Crippen molar-refractivity contribution in [1.29, 1.82) is 0 Å². The third-order valence-electron chi connectivity index (χ3n) is 3.48. The van der Waals surface area contributed by atoms with Crippen molar-refractivity contribution in [2.24, 2.45) is 0 Å². The van der Waals surface area contributed by atoms with Crippen molar-refractivity contribution >= 4 is 29.1 Å². The van der Waals surface area contributed by atoms with Gasteiger partial charge in [0.1, 0.15) is 0 Å². The van der Waals surface area contributed by atoms with Crippen LogP contribution in [0.1, 0.15) is 11.3 Å². The van der Waals surface area contributed by atoms with E-state index >= 15 is 0 Å². The number of halogens is 4. The van der Waals surface area contributed by atoms with Crippen molar-refractivity contribution in [1.82, 2.24) is 14.8 Å². The molecule has 27 heavy (non-hydrogen) atoms. The fourth-order valence-electron chi connectivity index (χ4n) is 2.24. The van der Waals surface area contributed by atoms with Gasteiger partial charge in [0.25, 0.3) is 0 Å². The van der Waals surface area contributed by atoms with Crippen LogP contribution in [0.4, 0.5) is 29.5 Å². The molecule has 1 aromatic carbocycles. The van der Waals surface area contributed by atoms with Gasteiger partial charge in [-0.15, -0.1) is 0 Å². The average Bonchev–Trinajstić information content (AvgIpc) is 3.03. The van der Waals surface area contributed by atoms with E-state index in [9.17, 15) is 18.0 Å². The number of carbonyl (C=O) groups is 1. The predicted octanol–water partition coefficient (Wildman–Crippen LogP) is 4.64. The highest BCUT2D eigenvalue weighted by atomic mass is 35.5. The smallest absolute Gasteiger partial charge is 0.306 e. The van der Waals surface area contributed by atoms with Crippen LogP contribution < -0.4 is 10.6 Å². The highest BCUT2D eigenvalue weighted by Gasteiger charge is 2.31. The van der Waals surface area contributed by atoms with Crippen LogP contribution in [0, 0.1) is 0 Å². The van der Waals surface area contributed by atoms with E-state index in [1.54, 1.807) is 29.2 Å². The lowest BCUT2D eigenvalue weighted by Gasteiger charge is -2.11. The molecule has 0 atom stereocenters. The van der Waals surface area contributed by atoms with Gasteiger partial charge in [0.15, 0.2) is 5.82 Å². The first-order chi connectivity index (χ1) is 12.8. The van der Waals surface area contributed by atoms with E-state index in [1.807, 2.05) is 12.1 Å². The van der Waals surface area contributed by atoms with E-state index in [1.165, 1.54) is 0 Å². The number of rotatable bonds is 4. The molecule has 0 aliphatic rings. The topological polar surface area (TPSA) is 71.8 Å². The molecule has 140 valence electrons. The van der Waals surface area contributed by atoms with Gasteiger partial charge in [0, 0.05) is 18.5 Å². The molecular weight excluding hydrogens is 383 g/mol. The second-order valence-electron chi connectivity index (χ2n) is 5.49. The van der Waals surface area contributed by atoms with Crippen molar-refractivity contribution < 1.29 is 18.0 Å². The predicted molar refractivity (Wildman–Crippen MR) is 94.7 cm³/mol. The summed E-state index contributed by atoms with van der Waals surface area (Å²) in [7, 11) is 0. The molecule has 3 rings (SSSR count). The van der Waals surface area contributed by atoms with Gasteiger partial charge in [-0.25, -0.2) is 4.79 Å². The lowest BCUT2D eigenvalue weighted by atomic mass is 10.2. The summed E-state index contributed by atoms with van der Waals surface area (Å²) < 4.78 is 39.5. The fourth-order valence-corrected chi connectivity index (χ4v) is 2.46. The number of nitrogens with zero attached hydrogens (tertiary/aromatic N) is 3. The Hall–Kier alpha value is -3.07. The van der Waals surface area contributed by atoms with Crippen molar-refractivity contribution in [3.63, 3.8) is 0 Å². The quantitative estimate of drug-likeness (QED) is 0.675. The normalized spacial score (nSPS) is 11.3. The maximum atomic E-state index is 12.6. The molecule has 0 aliphatic carbocycles. The zero-order valence-electron chi connectivity index (χ0n) is 13.7. The van der Waals surface area contributed by atoms with Gasteiger partial charge in [-0.05, 0) is 30.3 Å². The molecule has 2 N–H and O–H groups in total. The fraction of sp³-hybridized carbons (Fsp3) is 0.118. The molecule has 0 radical (unpaired) electrons. The van der Waals surface area contributed by atoms with Crippen LogP contribution in [0.15, 0.2) is 54.9 Å². The molecule has 0 aliphatic heterocycles. The maximum Gasteiger partial charge on any atom is 0.416 e. The minimum Gasteiger partial charge on any atom is -0.306 e. The van der Waals surface area contributed by atoms with E-state index in [0.29, 0.717) is 6.54 Å². The summed E-state index contributed by atoms with van der Waals surface area (Å²) in [6.07, 6.45) is -1.18. The number of hydrogen-bond donors (Lipinski definition) is 2. The largest absolute Gasteiger partial charge is 0.416 e. The zero-order chi connectivity index (χ0) is 19.4. The summed E-state index contributed by atoms with van der Waals surface area (Å²) >= 11 is 5.81. The van der Waals surface area contributed by atoms with Crippen LogP contribution in [0.5, 0.6) is 0 Å². The Morgan fingerprint density at radius 1 is 1.15 bits per heavy atom.